The number of halogens is 1. The van der Waals surface area contributed by atoms with E-state index in [0.29, 0.717) is 0 Å². The van der Waals surface area contributed by atoms with Crippen molar-refractivity contribution in [2.75, 3.05) is 13.1 Å². The molecule has 1 amide bonds. The van der Waals surface area contributed by atoms with E-state index in [1.165, 1.54) is 0 Å². The Balaban J connectivity index is 2.08. The quantitative estimate of drug-likeness (QED) is 0.898. The topological polar surface area (TPSA) is 41.1 Å². The van der Waals surface area contributed by atoms with Crippen LogP contribution in [0.3, 0.4) is 0 Å². The molecule has 1 aromatic rings. The van der Waals surface area contributed by atoms with Gasteiger partial charge in [-0.1, -0.05) is 28.1 Å². The van der Waals surface area contributed by atoms with E-state index < -0.39 is 5.41 Å². The number of carbonyl (C=O) groups excluding carboxylic acids is 1. The Labute approximate surface area is 116 Å². The fraction of sp³-hybridized carbons (Fsp3) is 0.500. The Kier molecular flexibility index (Phi) is 4.07. The van der Waals surface area contributed by atoms with E-state index in [4.69, 9.17) is 0 Å². The molecule has 1 aliphatic heterocycles. The van der Waals surface area contributed by atoms with Crippen molar-refractivity contribution in [3.8, 4) is 0 Å². The lowest BCUT2D eigenvalue weighted by atomic mass is 9.83. The summed E-state index contributed by atoms with van der Waals surface area (Å²) in [6.45, 7) is 5.80. The lowest BCUT2D eigenvalue weighted by Crippen LogP contribution is -2.45. The van der Waals surface area contributed by atoms with E-state index in [1.54, 1.807) is 0 Å². The van der Waals surface area contributed by atoms with E-state index in [1.807, 2.05) is 38.1 Å². The highest BCUT2D eigenvalue weighted by molar-refractivity contribution is 9.10. The van der Waals surface area contributed by atoms with Gasteiger partial charge in [-0.25, -0.2) is 0 Å². The molecule has 1 aliphatic rings. The van der Waals surface area contributed by atoms with E-state index in [9.17, 15) is 4.79 Å². The second kappa shape index (κ2) is 5.41. The van der Waals surface area contributed by atoms with Gasteiger partial charge < -0.3 is 10.6 Å². The predicted molar refractivity (Wildman–Crippen MR) is 76.6 cm³/mol. The maximum atomic E-state index is 12.4. The lowest BCUT2D eigenvalue weighted by molar-refractivity contribution is -0.126. The summed E-state index contributed by atoms with van der Waals surface area (Å²) in [6, 6.07) is 8.21. The molecule has 18 heavy (non-hydrogen) atoms. The molecule has 2 rings (SSSR count). The summed E-state index contributed by atoms with van der Waals surface area (Å²) in [4.78, 5) is 12.4. The van der Waals surface area contributed by atoms with Gasteiger partial charge in [-0.3, -0.25) is 4.79 Å². The summed E-state index contributed by atoms with van der Waals surface area (Å²) in [6.07, 6.45) is 1.02. The van der Waals surface area contributed by atoms with E-state index >= 15 is 0 Å². The average Bonchev–Trinajstić information content (AvgIpc) is 2.82. The molecule has 3 nitrogen and oxygen atoms in total. The number of amides is 1. The molecule has 1 unspecified atom stereocenters. The molecule has 1 heterocycles. The van der Waals surface area contributed by atoms with Gasteiger partial charge in [-0.05, 0) is 44.5 Å². The maximum absolute atomic E-state index is 12.4. The first-order valence-corrected chi connectivity index (χ1v) is 7.07. The van der Waals surface area contributed by atoms with Crippen LogP contribution >= 0.6 is 15.9 Å². The molecule has 0 radical (unpaired) electrons. The number of hydrogen-bond donors (Lipinski definition) is 2. The van der Waals surface area contributed by atoms with Crippen LogP contribution in [0.2, 0.25) is 0 Å². The fourth-order valence-corrected chi connectivity index (χ4v) is 2.41. The molecule has 0 aromatic heterocycles. The van der Waals surface area contributed by atoms with Gasteiger partial charge in [0, 0.05) is 17.1 Å². The second-order valence-electron chi connectivity index (χ2n) is 5.30. The monoisotopic (exact) mass is 310 g/mol. The van der Waals surface area contributed by atoms with Gasteiger partial charge in [0.05, 0.1) is 5.41 Å². The maximum Gasteiger partial charge on any atom is 0.230 e. The van der Waals surface area contributed by atoms with Crippen LogP contribution in [0, 0.1) is 0 Å². The van der Waals surface area contributed by atoms with Crippen molar-refractivity contribution in [3.05, 3.63) is 34.3 Å². The highest BCUT2D eigenvalue weighted by Gasteiger charge is 2.31. The minimum atomic E-state index is -0.497. The standard InChI is InChI=1S/C14H19BrN2O/c1-14(2,10-3-5-11(15)6-4-10)13(18)17-12-7-8-16-9-12/h3-6,12,16H,7-9H2,1-2H3,(H,17,18). The molecule has 0 saturated carbocycles. The van der Waals surface area contributed by atoms with Crippen LogP contribution in [0.25, 0.3) is 0 Å². The first-order valence-electron chi connectivity index (χ1n) is 6.28. The van der Waals surface area contributed by atoms with Gasteiger partial charge in [-0.15, -0.1) is 0 Å². The third kappa shape index (κ3) is 2.93. The number of benzene rings is 1. The Morgan fingerprint density at radius 3 is 2.61 bits per heavy atom. The van der Waals surface area contributed by atoms with Crippen LogP contribution in [0.15, 0.2) is 28.7 Å². The summed E-state index contributed by atoms with van der Waals surface area (Å²) in [5.74, 6) is 0.0959. The molecule has 1 fully saturated rings. The summed E-state index contributed by atoms with van der Waals surface area (Å²) >= 11 is 3.41. The van der Waals surface area contributed by atoms with Crippen molar-refractivity contribution in [1.29, 1.82) is 0 Å². The molecule has 2 N–H and O–H groups in total. The summed E-state index contributed by atoms with van der Waals surface area (Å²) in [7, 11) is 0. The molecule has 4 heteroatoms. The average molecular weight is 311 g/mol. The Morgan fingerprint density at radius 2 is 2.06 bits per heavy atom. The minimum absolute atomic E-state index is 0.0959. The Hall–Kier alpha value is -0.870. The molecular formula is C14H19BrN2O. The highest BCUT2D eigenvalue weighted by Crippen LogP contribution is 2.25. The first kappa shape index (κ1) is 13.6. The van der Waals surface area contributed by atoms with Crippen molar-refractivity contribution in [2.24, 2.45) is 0 Å². The first-order chi connectivity index (χ1) is 8.50. The Morgan fingerprint density at radius 1 is 1.39 bits per heavy atom. The van der Waals surface area contributed by atoms with Gasteiger partial charge in [0.15, 0.2) is 0 Å². The fourth-order valence-electron chi connectivity index (χ4n) is 2.14. The van der Waals surface area contributed by atoms with Gasteiger partial charge >= 0.3 is 0 Å². The number of hydrogen-bond acceptors (Lipinski definition) is 2. The zero-order valence-corrected chi connectivity index (χ0v) is 12.4. The minimum Gasteiger partial charge on any atom is -0.351 e. The van der Waals surface area contributed by atoms with Crippen LogP contribution in [0.4, 0.5) is 0 Å². The third-order valence-corrected chi connectivity index (χ3v) is 4.06. The summed E-state index contributed by atoms with van der Waals surface area (Å²) in [5, 5.41) is 6.37. The third-order valence-electron chi connectivity index (χ3n) is 3.53. The molecule has 0 spiro atoms. The molecule has 98 valence electrons. The van der Waals surface area contributed by atoms with Gasteiger partial charge in [-0.2, -0.15) is 0 Å². The van der Waals surface area contributed by atoms with Crippen molar-refractivity contribution in [2.45, 2.75) is 31.7 Å². The molecular weight excluding hydrogens is 292 g/mol. The summed E-state index contributed by atoms with van der Waals surface area (Å²) in [5.41, 5.74) is 0.540. The van der Waals surface area contributed by atoms with E-state index in [2.05, 4.69) is 26.6 Å². The predicted octanol–water partition coefficient (Wildman–Crippen LogP) is 2.20. The normalized spacial score (nSPS) is 19.8. The SMILES string of the molecule is CC(C)(C(=O)NC1CCNC1)c1ccc(Br)cc1. The van der Waals surface area contributed by atoms with Crippen molar-refractivity contribution in [3.63, 3.8) is 0 Å². The molecule has 1 atom stereocenters. The Bertz CT molecular complexity index is 422. The highest BCUT2D eigenvalue weighted by atomic mass is 79.9. The van der Waals surface area contributed by atoms with Gasteiger partial charge in [0.1, 0.15) is 0 Å². The lowest BCUT2D eigenvalue weighted by Gasteiger charge is -2.26. The zero-order chi connectivity index (χ0) is 13.2. The van der Waals surface area contributed by atoms with E-state index in [0.717, 1.165) is 29.5 Å². The molecule has 0 aliphatic carbocycles. The van der Waals surface area contributed by atoms with Crippen molar-refractivity contribution in [1.82, 2.24) is 10.6 Å². The van der Waals surface area contributed by atoms with Gasteiger partial charge in [0.2, 0.25) is 5.91 Å². The van der Waals surface area contributed by atoms with Gasteiger partial charge in [0.25, 0.3) is 0 Å². The smallest absolute Gasteiger partial charge is 0.230 e. The van der Waals surface area contributed by atoms with Crippen molar-refractivity contribution < 1.29 is 4.79 Å². The molecule has 1 saturated heterocycles. The van der Waals surface area contributed by atoms with Crippen LogP contribution in [0.5, 0.6) is 0 Å². The number of nitrogens with one attached hydrogen (secondary N) is 2. The van der Waals surface area contributed by atoms with Crippen LogP contribution in [-0.4, -0.2) is 25.0 Å². The van der Waals surface area contributed by atoms with Crippen LogP contribution in [0.1, 0.15) is 25.8 Å². The number of carbonyl (C=O) groups is 1. The zero-order valence-electron chi connectivity index (χ0n) is 10.8. The second-order valence-corrected chi connectivity index (χ2v) is 6.21. The summed E-state index contributed by atoms with van der Waals surface area (Å²) < 4.78 is 1.03. The largest absolute Gasteiger partial charge is 0.351 e. The molecule has 1 aromatic carbocycles. The van der Waals surface area contributed by atoms with E-state index in [-0.39, 0.29) is 11.9 Å². The number of rotatable bonds is 3. The van der Waals surface area contributed by atoms with Crippen LogP contribution < -0.4 is 10.6 Å². The van der Waals surface area contributed by atoms with Crippen LogP contribution in [-0.2, 0) is 10.2 Å². The molecule has 0 bridgehead atoms. The van der Waals surface area contributed by atoms with Crippen molar-refractivity contribution >= 4 is 21.8 Å².